The van der Waals surface area contributed by atoms with Gasteiger partial charge in [-0.25, -0.2) is 4.39 Å². The van der Waals surface area contributed by atoms with E-state index in [-0.39, 0.29) is 11.9 Å². The molecule has 2 aromatic heterocycles. The van der Waals surface area contributed by atoms with Crippen LogP contribution in [0.2, 0.25) is 0 Å². The van der Waals surface area contributed by atoms with Gasteiger partial charge in [0.15, 0.2) is 0 Å². The molecule has 0 aliphatic rings. The highest BCUT2D eigenvalue weighted by Crippen LogP contribution is 2.36. The highest BCUT2D eigenvalue weighted by atomic mass is 32.1. The Morgan fingerprint density at radius 2 is 2.05 bits per heavy atom. The summed E-state index contributed by atoms with van der Waals surface area (Å²) in [5.74, 6) is -0.141. The lowest BCUT2D eigenvalue weighted by molar-refractivity contribution is 0.551. The highest BCUT2D eigenvalue weighted by molar-refractivity contribution is 7.27. The van der Waals surface area contributed by atoms with Crippen molar-refractivity contribution in [3.05, 3.63) is 58.0 Å². The zero-order valence-corrected chi connectivity index (χ0v) is 12.9. The lowest BCUT2D eigenvalue weighted by Gasteiger charge is -2.18. The van der Waals surface area contributed by atoms with Crippen molar-refractivity contribution in [1.29, 1.82) is 0 Å². The molecular weight excluding hydrogens is 289 g/mol. The molecule has 1 atom stereocenters. The number of hydrogen-bond acceptors (Lipinski definition) is 3. The molecule has 0 fully saturated rings. The van der Waals surface area contributed by atoms with Crippen molar-refractivity contribution in [2.75, 3.05) is 6.54 Å². The number of halogens is 1. The number of thiophene rings is 2. The van der Waals surface area contributed by atoms with Crippen molar-refractivity contribution in [3.8, 4) is 0 Å². The highest BCUT2D eigenvalue weighted by Gasteiger charge is 2.19. The van der Waals surface area contributed by atoms with Gasteiger partial charge in [-0.1, -0.05) is 25.1 Å². The quantitative estimate of drug-likeness (QED) is 0.684. The zero-order valence-electron chi connectivity index (χ0n) is 11.2. The van der Waals surface area contributed by atoms with Crippen molar-refractivity contribution in [1.82, 2.24) is 5.32 Å². The number of nitrogens with one attached hydrogen (secondary N) is 1. The molecule has 0 bridgehead atoms. The van der Waals surface area contributed by atoms with Crippen LogP contribution in [-0.4, -0.2) is 6.54 Å². The van der Waals surface area contributed by atoms with Gasteiger partial charge in [-0.3, -0.25) is 0 Å². The maximum Gasteiger partial charge on any atom is 0.128 e. The third-order valence-electron chi connectivity index (χ3n) is 3.26. The van der Waals surface area contributed by atoms with E-state index in [1.807, 2.05) is 12.1 Å². The summed E-state index contributed by atoms with van der Waals surface area (Å²) in [6.45, 7) is 3.00. The normalized spacial score (nSPS) is 12.9. The SMILES string of the molecule is CCCNC(c1cc2sccc2s1)c1ccccc1F. The Morgan fingerprint density at radius 1 is 1.20 bits per heavy atom. The first-order chi connectivity index (χ1) is 9.79. The monoisotopic (exact) mass is 305 g/mol. The number of fused-ring (bicyclic) bond motifs is 1. The number of benzene rings is 1. The summed E-state index contributed by atoms with van der Waals surface area (Å²) in [4.78, 5) is 1.19. The third-order valence-corrected chi connectivity index (χ3v) is 5.42. The van der Waals surface area contributed by atoms with Crippen molar-refractivity contribution in [2.24, 2.45) is 0 Å². The molecule has 1 nitrogen and oxygen atoms in total. The van der Waals surface area contributed by atoms with Crippen LogP contribution in [0, 0.1) is 5.82 Å². The van der Waals surface area contributed by atoms with Gasteiger partial charge in [0.1, 0.15) is 5.82 Å². The minimum atomic E-state index is -0.141. The molecule has 0 saturated heterocycles. The molecule has 1 aromatic carbocycles. The summed E-state index contributed by atoms with van der Waals surface area (Å²) >= 11 is 3.48. The number of rotatable bonds is 5. The van der Waals surface area contributed by atoms with Crippen LogP contribution >= 0.6 is 22.7 Å². The van der Waals surface area contributed by atoms with E-state index in [9.17, 15) is 4.39 Å². The Labute approximate surface area is 126 Å². The second kappa shape index (κ2) is 6.04. The molecule has 4 heteroatoms. The molecule has 0 amide bonds. The van der Waals surface area contributed by atoms with Crippen LogP contribution in [0.25, 0.3) is 9.40 Å². The Kier molecular flexibility index (Phi) is 4.15. The molecule has 1 unspecified atom stereocenters. The molecule has 0 aliphatic carbocycles. The van der Waals surface area contributed by atoms with Gasteiger partial charge >= 0.3 is 0 Å². The van der Waals surface area contributed by atoms with Crippen LogP contribution in [0.1, 0.15) is 29.8 Å². The van der Waals surface area contributed by atoms with Gasteiger partial charge in [-0.05, 0) is 36.5 Å². The van der Waals surface area contributed by atoms with Crippen molar-refractivity contribution < 1.29 is 4.39 Å². The van der Waals surface area contributed by atoms with E-state index in [1.54, 1.807) is 28.7 Å². The molecule has 3 aromatic rings. The van der Waals surface area contributed by atoms with Crippen LogP contribution in [0.3, 0.4) is 0 Å². The molecule has 20 heavy (non-hydrogen) atoms. The van der Waals surface area contributed by atoms with Gasteiger partial charge in [0, 0.05) is 19.8 Å². The van der Waals surface area contributed by atoms with E-state index in [1.165, 1.54) is 20.3 Å². The maximum absolute atomic E-state index is 14.1. The molecule has 0 saturated carbocycles. The van der Waals surface area contributed by atoms with E-state index in [4.69, 9.17) is 0 Å². The van der Waals surface area contributed by atoms with Crippen LogP contribution in [-0.2, 0) is 0 Å². The van der Waals surface area contributed by atoms with Crippen LogP contribution in [0.15, 0.2) is 41.8 Å². The van der Waals surface area contributed by atoms with E-state index in [0.717, 1.165) is 18.5 Å². The summed E-state index contributed by atoms with van der Waals surface area (Å²) in [5, 5.41) is 5.57. The summed E-state index contributed by atoms with van der Waals surface area (Å²) in [6, 6.07) is 11.3. The average Bonchev–Trinajstić information content (AvgIpc) is 3.02. The second-order valence-electron chi connectivity index (χ2n) is 4.71. The van der Waals surface area contributed by atoms with Crippen LogP contribution in [0.5, 0.6) is 0 Å². The van der Waals surface area contributed by atoms with Gasteiger partial charge in [-0.15, -0.1) is 22.7 Å². The lowest BCUT2D eigenvalue weighted by Crippen LogP contribution is -2.23. The minimum absolute atomic E-state index is 0.0549. The van der Waals surface area contributed by atoms with Crippen LogP contribution < -0.4 is 5.32 Å². The molecule has 104 valence electrons. The lowest BCUT2D eigenvalue weighted by atomic mass is 10.0. The number of hydrogen-bond donors (Lipinski definition) is 1. The summed E-state index contributed by atoms with van der Waals surface area (Å²) in [7, 11) is 0. The fourth-order valence-electron chi connectivity index (χ4n) is 2.29. The molecule has 0 radical (unpaired) electrons. The Balaban J connectivity index is 2.01. The van der Waals surface area contributed by atoms with Gasteiger partial charge < -0.3 is 5.32 Å². The molecule has 2 heterocycles. The zero-order chi connectivity index (χ0) is 13.9. The Morgan fingerprint density at radius 3 is 2.80 bits per heavy atom. The van der Waals surface area contributed by atoms with Crippen molar-refractivity contribution in [2.45, 2.75) is 19.4 Å². The summed E-state index contributed by atoms with van der Waals surface area (Å²) < 4.78 is 16.7. The average molecular weight is 305 g/mol. The second-order valence-corrected chi connectivity index (χ2v) is 6.77. The minimum Gasteiger partial charge on any atom is -0.306 e. The largest absolute Gasteiger partial charge is 0.306 e. The van der Waals surface area contributed by atoms with E-state index < -0.39 is 0 Å². The van der Waals surface area contributed by atoms with E-state index in [2.05, 4.69) is 29.8 Å². The predicted octanol–water partition coefficient (Wildman–Crippen LogP) is 5.19. The first kappa shape index (κ1) is 13.7. The van der Waals surface area contributed by atoms with Gasteiger partial charge in [-0.2, -0.15) is 0 Å². The fraction of sp³-hybridized carbons (Fsp3) is 0.250. The summed E-state index contributed by atoms with van der Waals surface area (Å²) in [5.41, 5.74) is 0.731. The maximum atomic E-state index is 14.1. The summed E-state index contributed by atoms with van der Waals surface area (Å²) in [6.07, 6.45) is 1.03. The first-order valence-corrected chi connectivity index (χ1v) is 8.44. The molecule has 0 aliphatic heterocycles. The van der Waals surface area contributed by atoms with Gasteiger partial charge in [0.05, 0.1) is 6.04 Å². The molecule has 0 spiro atoms. The standard InChI is InChI=1S/C16H16FNS2/c1-2-8-18-16(11-5-3-4-6-12(11)17)15-10-14-13(20-15)7-9-19-14/h3-7,9-10,16,18H,2,8H2,1H3. The molecular formula is C16H16FNS2. The van der Waals surface area contributed by atoms with Crippen molar-refractivity contribution >= 4 is 32.1 Å². The fourth-order valence-corrected chi connectivity index (χ4v) is 4.50. The Hall–Kier alpha value is -1.23. The predicted molar refractivity (Wildman–Crippen MR) is 86.2 cm³/mol. The molecule has 3 rings (SSSR count). The van der Waals surface area contributed by atoms with Crippen molar-refractivity contribution in [3.63, 3.8) is 0 Å². The van der Waals surface area contributed by atoms with Crippen LogP contribution in [0.4, 0.5) is 4.39 Å². The first-order valence-electron chi connectivity index (χ1n) is 6.74. The molecule has 1 N–H and O–H groups in total. The van der Waals surface area contributed by atoms with Gasteiger partial charge in [0.25, 0.3) is 0 Å². The topological polar surface area (TPSA) is 12.0 Å². The van der Waals surface area contributed by atoms with E-state index >= 15 is 0 Å². The Bertz CT molecular complexity index is 673. The van der Waals surface area contributed by atoms with E-state index in [0.29, 0.717) is 0 Å². The van der Waals surface area contributed by atoms with Gasteiger partial charge in [0.2, 0.25) is 0 Å². The smallest absolute Gasteiger partial charge is 0.128 e. The third kappa shape index (κ3) is 2.64.